The highest BCUT2D eigenvalue weighted by molar-refractivity contribution is 9.10. The number of benzene rings is 1. The number of thiophene rings is 1. The lowest BCUT2D eigenvalue weighted by molar-refractivity contribution is 0.431. The fraction of sp³-hybridized carbons (Fsp3) is 0.0769. The quantitative estimate of drug-likeness (QED) is 0.728. The van der Waals surface area contributed by atoms with E-state index in [0.717, 1.165) is 14.9 Å². The first kappa shape index (κ1) is 15.3. The minimum absolute atomic E-state index is 0.0411. The molecule has 1 aromatic carbocycles. The Morgan fingerprint density at radius 3 is 2.73 bits per heavy atom. The Labute approximate surface area is 139 Å². The van der Waals surface area contributed by atoms with Crippen LogP contribution in [0.5, 0.6) is 0 Å². The maximum absolute atomic E-state index is 11.7. The zero-order chi connectivity index (χ0) is 15.9. The molecule has 0 aliphatic carbocycles. The van der Waals surface area contributed by atoms with Crippen LogP contribution >= 0.6 is 27.3 Å². The van der Waals surface area contributed by atoms with Crippen molar-refractivity contribution in [3.05, 3.63) is 39.7 Å². The van der Waals surface area contributed by atoms with E-state index in [1.54, 1.807) is 12.1 Å². The van der Waals surface area contributed by atoms with E-state index in [1.807, 2.05) is 18.4 Å². The average molecular weight is 400 g/mol. The number of halogens is 1. The van der Waals surface area contributed by atoms with Crippen molar-refractivity contribution in [3.8, 4) is 22.2 Å². The van der Waals surface area contributed by atoms with Gasteiger partial charge >= 0.3 is 0 Å². The zero-order valence-corrected chi connectivity index (χ0v) is 14.5. The van der Waals surface area contributed by atoms with E-state index in [1.165, 1.54) is 17.4 Å². The first-order valence-corrected chi connectivity index (χ1v) is 9.28. The van der Waals surface area contributed by atoms with Crippen molar-refractivity contribution >= 4 is 37.3 Å². The lowest BCUT2D eigenvalue weighted by atomic mass is 10.1. The van der Waals surface area contributed by atoms with Gasteiger partial charge < -0.3 is 4.52 Å². The van der Waals surface area contributed by atoms with Gasteiger partial charge in [0.1, 0.15) is 0 Å². The molecule has 0 unspecified atom stereocenters. The Kier molecular flexibility index (Phi) is 3.89. The first-order valence-electron chi connectivity index (χ1n) is 6.06. The van der Waals surface area contributed by atoms with Crippen LogP contribution in [-0.2, 0) is 10.0 Å². The van der Waals surface area contributed by atoms with Crippen molar-refractivity contribution in [1.82, 2.24) is 10.1 Å². The second-order valence-corrected chi connectivity index (χ2v) is 7.95. The molecule has 3 aromatic rings. The van der Waals surface area contributed by atoms with Crippen LogP contribution in [0.15, 0.2) is 43.5 Å². The average Bonchev–Trinajstić information content (AvgIpc) is 3.05. The molecule has 2 heterocycles. The van der Waals surface area contributed by atoms with Crippen molar-refractivity contribution < 1.29 is 12.9 Å². The molecule has 3 rings (SSSR count). The van der Waals surface area contributed by atoms with Gasteiger partial charge in [0.25, 0.3) is 5.89 Å². The molecule has 0 spiro atoms. The number of nitrogens with zero attached hydrogens (tertiary/aromatic N) is 2. The number of hydrogen-bond donors (Lipinski definition) is 1. The third-order valence-electron chi connectivity index (χ3n) is 2.89. The molecule has 22 heavy (non-hydrogen) atoms. The molecule has 0 saturated carbocycles. The van der Waals surface area contributed by atoms with Crippen molar-refractivity contribution in [2.45, 2.75) is 11.8 Å². The maximum atomic E-state index is 11.7. The van der Waals surface area contributed by atoms with Gasteiger partial charge in [-0.15, -0.1) is 11.3 Å². The molecular weight excluding hydrogens is 390 g/mol. The maximum Gasteiger partial charge on any atom is 0.259 e. The minimum atomic E-state index is -3.88. The van der Waals surface area contributed by atoms with Crippen LogP contribution in [0.1, 0.15) is 5.56 Å². The molecule has 0 aliphatic rings. The number of aromatic nitrogens is 2. The third kappa shape index (κ3) is 2.98. The van der Waals surface area contributed by atoms with Gasteiger partial charge in [0.2, 0.25) is 15.8 Å². The van der Waals surface area contributed by atoms with Gasteiger partial charge in [-0.2, -0.15) is 4.98 Å². The predicted molar refractivity (Wildman–Crippen MR) is 86.9 cm³/mol. The van der Waals surface area contributed by atoms with Crippen LogP contribution in [0.4, 0.5) is 0 Å². The largest absolute Gasteiger partial charge is 0.334 e. The smallest absolute Gasteiger partial charge is 0.259 e. The van der Waals surface area contributed by atoms with E-state index in [-0.39, 0.29) is 10.8 Å². The highest BCUT2D eigenvalue weighted by Gasteiger charge is 2.20. The predicted octanol–water partition coefficient (Wildman–Crippen LogP) is 3.18. The highest BCUT2D eigenvalue weighted by atomic mass is 79.9. The Morgan fingerprint density at radius 2 is 2.09 bits per heavy atom. The van der Waals surface area contributed by atoms with Crippen molar-refractivity contribution in [2.75, 3.05) is 0 Å². The molecule has 0 atom stereocenters. The third-order valence-corrected chi connectivity index (χ3v) is 5.54. The summed E-state index contributed by atoms with van der Waals surface area (Å²) < 4.78 is 29.5. The Hall–Kier alpha value is -1.55. The second-order valence-electron chi connectivity index (χ2n) is 4.60. The topological polar surface area (TPSA) is 99.1 Å². The Morgan fingerprint density at radius 1 is 1.32 bits per heavy atom. The number of hydrogen-bond acceptors (Lipinski definition) is 6. The van der Waals surface area contributed by atoms with Gasteiger partial charge in [-0.05, 0) is 41.1 Å². The van der Waals surface area contributed by atoms with Gasteiger partial charge in [0, 0.05) is 9.85 Å². The number of primary sulfonamides is 1. The van der Waals surface area contributed by atoms with Crippen molar-refractivity contribution in [1.29, 1.82) is 0 Å². The lowest BCUT2D eigenvalue weighted by Gasteiger charge is -2.04. The van der Waals surface area contributed by atoms with E-state index >= 15 is 0 Å². The first-order chi connectivity index (χ1) is 10.3. The number of rotatable bonds is 3. The van der Waals surface area contributed by atoms with E-state index < -0.39 is 10.0 Å². The van der Waals surface area contributed by atoms with Gasteiger partial charge in [0.15, 0.2) is 0 Å². The SMILES string of the molecule is Cc1ccc(S(N)(=O)=O)c(-c2nc(-c3cc(Br)cs3)no2)c1. The van der Waals surface area contributed by atoms with Gasteiger partial charge in [0.05, 0.1) is 15.3 Å². The van der Waals surface area contributed by atoms with Crippen LogP contribution in [0.25, 0.3) is 22.2 Å². The summed E-state index contributed by atoms with van der Waals surface area (Å²) in [7, 11) is -3.88. The standard InChI is InChI=1S/C13H10BrN3O3S2/c1-7-2-3-11(22(15,18)19)9(4-7)13-16-12(17-20-13)10-5-8(14)6-21-10/h2-6H,1H3,(H2,15,18,19). The van der Waals surface area contributed by atoms with Crippen LogP contribution in [0.3, 0.4) is 0 Å². The second kappa shape index (κ2) is 5.58. The fourth-order valence-corrected chi connectivity index (χ4v) is 3.98. The molecule has 0 aliphatic heterocycles. The highest BCUT2D eigenvalue weighted by Crippen LogP contribution is 2.31. The summed E-state index contributed by atoms with van der Waals surface area (Å²) in [6.45, 7) is 1.84. The normalized spacial score (nSPS) is 11.8. The molecule has 0 radical (unpaired) electrons. The molecule has 0 saturated heterocycles. The van der Waals surface area contributed by atoms with Crippen LogP contribution in [0, 0.1) is 6.92 Å². The molecule has 114 valence electrons. The van der Waals surface area contributed by atoms with Crippen LogP contribution in [0.2, 0.25) is 0 Å². The van der Waals surface area contributed by atoms with E-state index in [2.05, 4.69) is 26.1 Å². The Balaban J connectivity index is 2.13. The van der Waals surface area contributed by atoms with Crippen molar-refractivity contribution in [3.63, 3.8) is 0 Å². The summed E-state index contributed by atoms with van der Waals surface area (Å²) in [5.74, 6) is 0.514. The summed E-state index contributed by atoms with van der Waals surface area (Å²) in [5, 5.41) is 11.0. The van der Waals surface area contributed by atoms with E-state index in [4.69, 9.17) is 9.66 Å². The fourth-order valence-electron chi connectivity index (χ4n) is 1.92. The summed E-state index contributed by atoms with van der Waals surface area (Å²) in [6.07, 6.45) is 0. The molecule has 9 heteroatoms. The number of nitrogens with two attached hydrogens (primary N) is 1. The molecule has 2 aromatic heterocycles. The molecule has 0 fully saturated rings. The van der Waals surface area contributed by atoms with Gasteiger partial charge in [-0.25, -0.2) is 13.6 Å². The van der Waals surface area contributed by atoms with Gasteiger partial charge in [-0.3, -0.25) is 0 Å². The summed E-state index contributed by atoms with van der Waals surface area (Å²) >= 11 is 4.81. The molecule has 2 N–H and O–H groups in total. The summed E-state index contributed by atoms with van der Waals surface area (Å²) in [4.78, 5) is 5.04. The molecule has 0 amide bonds. The Bertz CT molecular complexity index is 947. The molecule has 0 bridgehead atoms. The van der Waals surface area contributed by atoms with Crippen molar-refractivity contribution in [2.24, 2.45) is 5.14 Å². The zero-order valence-electron chi connectivity index (χ0n) is 11.3. The monoisotopic (exact) mass is 399 g/mol. The van der Waals surface area contributed by atoms with Gasteiger partial charge in [-0.1, -0.05) is 16.8 Å². The summed E-state index contributed by atoms with van der Waals surface area (Å²) in [5.41, 5.74) is 1.16. The molecular formula is C13H10BrN3O3S2. The van der Waals surface area contributed by atoms with E-state index in [9.17, 15) is 8.42 Å². The molecule has 6 nitrogen and oxygen atoms in total. The number of sulfonamides is 1. The summed E-state index contributed by atoms with van der Waals surface area (Å²) in [6, 6.07) is 6.61. The number of aryl methyl sites for hydroxylation is 1. The minimum Gasteiger partial charge on any atom is -0.334 e. The lowest BCUT2D eigenvalue weighted by Crippen LogP contribution is -2.13. The van der Waals surface area contributed by atoms with E-state index in [0.29, 0.717) is 11.4 Å². The van der Waals surface area contributed by atoms with Crippen LogP contribution in [-0.4, -0.2) is 18.6 Å². The van der Waals surface area contributed by atoms with Crippen LogP contribution < -0.4 is 5.14 Å².